The van der Waals surface area contributed by atoms with Crippen LogP contribution in [0.4, 0.5) is 0 Å². The number of amides is 1. The van der Waals surface area contributed by atoms with E-state index in [0.29, 0.717) is 0 Å². The van der Waals surface area contributed by atoms with E-state index in [-0.39, 0.29) is 24.6 Å². The number of hydrogen-bond donors (Lipinski definition) is 2. The molecule has 2 rings (SSSR count). The van der Waals surface area contributed by atoms with Crippen molar-refractivity contribution in [1.82, 2.24) is 10.2 Å². The maximum Gasteiger partial charge on any atom is 0.240 e. The van der Waals surface area contributed by atoms with Gasteiger partial charge in [0.05, 0.1) is 18.7 Å². The number of nitrogens with one attached hydrogen (secondary N) is 1. The van der Waals surface area contributed by atoms with E-state index in [9.17, 15) is 9.90 Å². The molecule has 0 aliphatic carbocycles. The molecule has 2 heterocycles. The van der Waals surface area contributed by atoms with Gasteiger partial charge >= 0.3 is 0 Å². The zero-order valence-corrected chi connectivity index (χ0v) is 10.5. The molecule has 98 valence electrons. The standard InChI is InChI=1S/C13H24N2O2/c16-10-11-6-5-9-15(11)13(17)12-7-3-1-2-4-8-14-12/h11-12,14,16H,1-10H2/t11-,12?/m1/s1. The number of hydrogen-bond acceptors (Lipinski definition) is 3. The topological polar surface area (TPSA) is 52.6 Å². The first-order valence-electron chi connectivity index (χ1n) is 6.97. The number of rotatable bonds is 2. The SMILES string of the molecule is O=C(C1CCCCCCN1)N1CCC[C@@H]1CO. The summed E-state index contributed by atoms with van der Waals surface area (Å²) in [6.07, 6.45) is 7.77. The summed E-state index contributed by atoms with van der Waals surface area (Å²) >= 11 is 0. The molecule has 1 amide bonds. The van der Waals surface area contributed by atoms with E-state index in [4.69, 9.17) is 0 Å². The highest BCUT2D eigenvalue weighted by Crippen LogP contribution is 2.20. The highest BCUT2D eigenvalue weighted by molar-refractivity contribution is 5.82. The summed E-state index contributed by atoms with van der Waals surface area (Å²) < 4.78 is 0. The molecule has 2 saturated heterocycles. The Morgan fingerprint density at radius 1 is 1.18 bits per heavy atom. The van der Waals surface area contributed by atoms with Crippen LogP contribution in [0.5, 0.6) is 0 Å². The average molecular weight is 240 g/mol. The molecule has 0 radical (unpaired) electrons. The first-order chi connectivity index (χ1) is 8.33. The van der Waals surface area contributed by atoms with Crippen LogP contribution in [0.1, 0.15) is 44.9 Å². The molecule has 1 unspecified atom stereocenters. The van der Waals surface area contributed by atoms with Gasteiger partial charge in [-0.1, -0.05) is 19.3 Å². The number of aliphatic hydroxyl groups excluding tert-OH is 1. The summed E-state index contributed by atoms with van der Waals surface area (Å²) in [6, 6.07) is 0.0530. The molecule has 4 heteroatoms. The van der Waals surface area contributed by atoms with Crippen LogP contribution in [0.3, 0.4) is 0 Å². The Kier molecular flexibility index (Phi) is 4.80. The van der Waals surface area contributed by atoms with Gasteiger partial charge in [0.15, 0.2) is 0 Å². The maximum absolute atomic E-state index is 12.4. The van der Waals surface area contributed by atoms with Crippen molar-refractivity contribution in [3.8, 4) is 0 Å². The molecule has 0 aromatic heterocycles. The summed E-state index contributed by atoms with van der Waals surface area (Å²) in [5, 5.41) is 12.6. The molecule has 0 saturated carbocycles. The van der Waals surface area contributed by atoms with Gasteiger partial charge in [0, 0.05) is 6.54 Å². The molecule has 2 aliphatic heterocycles. The van der Waals surface area contributed by atoms with Gasteiger partial charge in [0.1, 0.15) is 0 Å². The normalized spacial score (nSPS) is 31.0. The molecule has 0 aromatic rings. The van der Waals surface area contributed by atoms with E-state index in [1.807, 2.05) is 4.90 Å². The van der Waals surface area contributed by atoms with Crippen molar-refractivity contribution in [2.75, 3.05) is 19.7 Å². The monoisotopic (exact) mass is 240 g/mol. The molecule has 4 nitrogen and oxygen atoms in total. The molecule has 2 fully saturated rings. The van der Waals surface area contributed by atoms with Crippen molar-refractivity contribution >= 4 is 5.91 Å². The largest absolute Gasteiger partial charge is 0.394 e. The van der Waals surface area contributed by atoms with Crippen LogP contribution < -0.4 is 5.32 Å². The average Bonchev–Trinajstić information content (AvgIpc) is 2.75. The Balaban J connectivity index is 1.92. The Morgan fingerprint density at radius 3 is 2.82 bits per heavy atom. The lowest BCUT2D eigenvalue weighted by Gasteiger charge is -2.29. The number of likely N-dealkylation sites (tertiary alicyclic amines) is 1. The summed E-state index contributed by atoms with van der Waals surface area (Å²) in [5.74, 6) is 0.212. The van der Waals surface area contributed by atoms with Gasteiger partial charge in [0.2, 0.25) is 5.91 Å². The lowest BCUT2D eigenvalue weighted by atomic mass is 10.0. The van der Waals surface area contributed by atoms with Crippen LogP contribution in [0.25, 0.3) is 0 Å². The van der Waals surface area contributed by atoms with Gasteiger partial charge in [-0.05, 0) is 32.2 Å². The van der Waals surface area contributed by atoms with Crippen LogP contribution >= 0.6 is 0 Å². The molecule has 2 atom stereocenters. The predicted molar refractivity (Wildman–Crippen MR) is 66.7 cm³/mol. The lowest BCUT2D eigenvalue weighted by Crippen LogP contribution is -2.49. The molecule has 0 spiro atoms. The maximum atomic E-state index is 12.4. The Hall–Kier alpha value is -0.610. The molecule has 2 N–H and O–H groups in total. The third-order valence-corrected chi connectivity index (χ3v) is 3.98. The van der Waals surface area contributed by atoms with Crippen LogP contribution in [0, 0.1) is 0 Å². The predicted octanol–water partition coefficient (Wildman–Crippen LogP) is 0.892. The first kappa shape index (κ1) is 12.8. The minimum Gasteiger partial charge on any atom is -0.394 e. The van der Waals surface area contributed by atoms with Gasteiger partial charge in [-0.15, -0.1) is 0 Å². The minimum atomic E-state index is -0.0116. The van der Waals surface area contributed by atoms with E-state index >= 15 is 0 Å². The van der Waals surface area contributed by atoms with E-state index in [0.717, 1.165) is 38.8 Å². The second kappa shape index (κ2) is 6.36. The van der Waals surface area contributed by atoms with Crippen molar-refractivity contribution in [3.63, 3.8) is 0 Å². The van der Waals surface area contributed by atoms with Crippen molar-refractivity contribution < 1.29 is 9.90 Å². The van der Waals surface area contributed by atoms with Gasteiger partial charge in [-0.25, -0.2) is 0 Å². The zero-order valence-electron chi connectivity index (χ0n) is 10.5. The van der Waals surface area contributed by atoms with Crippen molar-refractivity contribution in [2.24, 2.45) is 0 Å². The second-order valence-corrected chi connectivity index (χ2v) is 5.22. The fourth-order valence-corrected chi connectivity index (χ4v) is 2.93. The van der Waals surface area contributed by atoms with Crippen molar-refractivity contribution in [2.45, 2.75) is 57.0 Å². The first-order valence-corrected chi connectivity index (χ1v) is 6.97. The minimum absolute atomic E-state index is 0.0116. The number of nitrogens with zero attached hydrogens (tertiary/aromatic N) is 1. The third kappa shape index (κ3) is 3.19. The zero-order chi connectivity index (χ0) is 12.1. The van der Waals surface area contributed by atoms with E-state index < -0.39 is 0 Å². The van der Waals surface area contributed by atoms with Crippen LogP contribution in [0.15, 0.2) is 0 Å². The Morgan fingerprint density at radius 2 is 2.00 bits per heavy atom. The molecule has 0 bridgehead atoms. The Bertz CT molecular complexity index is 250. The fourth-order valence-electron chi connectivity index (χ4n) is 2.93. The smallest absolute Gasteiger partial charge is 0.240 e. The lowest BCUT2D eigenvalue weighted by molar-refractivity contribution is -0.135. The highest BCUT2D eigenvalue weighted by atomic mass is 16.3. The highest BCUT2D eigenvalue weighted by Gasteiger charge is 2.32. The quantitative estimate of drug-likeness (QED) is 0.754. The third-order valence-electron chi connectivity index (χ3n) is 3.98. The molecular weight excluding hydrogens is 216 g/mol. The van der Waals surface area contributed by atoms with Gasteiger partial charge in [0.25, 0.3) is 0 Å². The molecular formula is C13H24N2O2. The second-order valence-electron chi connectivity index (χ2n) is 5.22. The van der Waals surface area contributed by atoms with E-state index in [1.54, 1.807) is 0 Å². The van der Waals surface area contributed by atoms with E-state index in [2.05, 4.69) is 5.32 Å². The summed E-state index contributed by atoms with van der Waals surface area (Å²) in [4.78, 5) is 14.3. The van der Waals surface area contributed by atoms with E-state index in [1.165, 1.54) is 19.3 Å². The van der Waals surface area contributed by atoms with Crippen molar-refractivity contribution in [1.29, 1.82) is 0 Å². The summed E-state index contributed by atoms with van der Waals surface area (Å²) in [7, 11) is 0. The summed E-state index contributed by atoms with van der Waals surface area (Å²) in [5.41, 5.74) is 0. The van der Waals surface area contributed by atoms with Crippen LogP contribution in [0.2, 0.25) is 0 Å². The molecule has 0 aromatic carbocycles. The molecule has 2 aliphatic rings. The number of aliphatic hydroxyl groups is 1. The molecule has 17 heavy (non-hydrogen) atoms. The number of carbonyl (C=O) groups is 1. The van der Waals surface area contributed by atoms with Gasteiger partial charge < -0.3 is 15.3 Å². The number of carbonyl (C=O) groups excluding carboxylic acids is 1. The fraction of sp³-hybridized carbons (Fsp3) is 0.923. The van der Waals surface area contributed by atoms with Crippen LogP contribution in [-0.4, -0.2) is 47.7 Å². The van der Waals surface area contributed by atoms with Crippen LogP contribution in [-0.2, 0) is 4.79 Å². The van der Waals surface area contributed by atoms with Gasteiger partial charge in [-0.2, -0.15) is 0 Å². The summed E-state index contributed by atoms with van der Waals surface area (Å²) in [6.45, 7) is 1.88. The Labute approximate surface area is 103 Å². The van der Waals surface area contributed by atoms with Crippen molar-refractivity contribution in [3.05, 3.63) is 0 Å². The van der Waals surface area contributed by atoms with Gasteiger partial charge in [-0.3, -0.25) is 4.79 Å².